The van der Waals surface area contributed by atoms with Gasteiger partial charge in [0.1, 0.15) is 6.54 Å². The van der Waals surface area contributed by atoms with Gasteiger partial charge < -0.3 is 9.22 Å². The van der Waals surface area contributed by atoms with E-state index in [2.05, 4.69) is 21.1 Å². The molecule has 0 aliphatic rings. The van der Waals surface area contributed by atoms with Crippen molar-refractivity contribution in [2.45, 2.75) is 12.8 Å². The van der Waals surface area contributed by atoms with Gasteiger partial charge in [0.25, 0.3) is 0 Å². The van der Waals surface area contributed by atoms with E-state index in [0.717, 1.165) is 29.4 Å². The van der Waals surface area contributed by atoms with E-state index in [9.17, 15) is 4.57 Å². The second-order valence-electron chi connectivity index (χ2n) is 6.19. The summed E-state index contributed by atoms with van der Waals surface area (Å²) in [4.78, 5) is 0. The van der Waals surface area contributed by atoms with E-state index in [1.54, 1.807) is 6.26 Å². The van der Waals surface area contributed by atoms with Crippen LogP contribution in [0.4, 0.5) is 0 Å². The quantitative estimate of drug-likeness (QED) is 0.268. The Hall–Kier alpha value is -1.22. The van der Waals surface area contributed by atoms with E-state index in [0.29, 0.717) is 19.4 Å². The minimum Gasteiger partial charge on any atom is -0.501 e. The third-order valence-electron chi connectivity index (χ3n) is 3.01. The van der Waals surface area contributed by atoms with Gasteiger partial charge in [-0.3, -0.25) is 0 Å². The van der Waals surface area contributed by atoms with Crippen molar-refractivity contribution in [2.24, 2.45) is 0 Å². The van der Waals surface area contributed by atoms with Crippen LogP contribution >= 0.6 is 8.03 Å². The Labute approximate surface area is 135 Å². The number of hydrogen-bond acceptors (Lipinski definition) is 3. The fourth-order valence-corrected chi connectivity index (χ4v) is 2.56. The Balaban J connectivity index is 1.99. The van der Waals surface area contributed by atoms with Crippen LogP contribution in [0.15, 0.2) is 36.6 Å². The molecule has 0 saturated heterocycles. The van der Waals surface area contributed by atoms with E-state index >= 15 is 0 Å². The van der Waals surface area contributed by atoms with Gasteiger partial charge in [-0.15, -0.1) is 4.52 Å². The molecule has 1 aromatic carbocycles. The van der Waals surface area contributed by atoms with E-state index in [-0.39, 0.29) is 0 Å². The fraction of sp³-hybridized carbons (Fsp3) is 0.529. The Morgan fingerprint density at radius 3 is 2.50 bits per heavy atom. The Morgan fingerprint density at radius 1 is 1.09 bits per heavy atom. The zero-order chi connectivity index (χ0) is 16.3. The molecule has 0 aliphatic heterocycles. The SMILES string of the molecule is C[N+](C)(C)CCO[P+](=O)CCCCOC=Cc1ccccc1. The van der Waals surface area contributed by atoms with Gasteiger partial charge in [-0.2, -0.15) is 0 Å². The summed E-state index contributed by atoms with van der Waals surface area (Å²) in [6.45, 7) is 2.06. The molecule has 1 rings (SSSR count). The summed E-state index contributed by atoms with van der Waals surface area (Å²) in [6, 6.07) is 10.0. The van der Waals surface area contributed by atoms with Crippen LogP contribution in [0.1, 0.15) is 18.4 Å². The second kappa shape index (κ2) is 10.5. The molecule has 0 amide bonds. The Kier molecular flexibility index (Phi) is 8.98. The van der Waals surface area contributed by atoms with Crippen molar-refractivity contribution < 1.29 is 18.3 Å². The maximum absolute atomic E-state index is 11.7. The van der Waals surface area contributed by atoms with Crippen LogP contribution in [0, 0.1) is 0 Å². The van der Waals surface area contributed by atoms with E-state index in [1.165, 1.54) is 0 Å². The first-order valence-electron chi connectivity index (χ1n) is 7.68. The Morgan fingerprint density at radius 2 is 1.82 bits per heavy atom. The number of unbranched alkanes of at least 4 members (excludes halogenated alkanes) is 1. The largest absolute Gasteiger partial charge is 0.508 e. The molecule has 122 valence electrons. The van der Waals surface area contributed by atoms with Crippen molar-refractivity contribution in [1.29, 1.82) is 0 Å². The zero-order valence-electron chi connectivity index (χ0n) is 13.9. The molecule has 0 aromatic heterocycles. The number of likely N-dealkylation sites (N-methyl/N-ethyl adjacent to an activating group) is 1. The molecule has 5 heteroatoms. The van der Waals surface area contributed by atoms with Crippen molar-refractivity contribution in [3.05, 3.63) is 42.2 Å². The van der Waals surface area contributed by atoms with Gasteiger partial charge in [-0.1, -0.05) is 30.3 Å². The van der Waals surface area contributed by atoms with Crippen LogP contribution < -0.4 is 0 Å². The van der Waals surface area contributed by atoms with E-state index in [4.69, 9.17) is 9.26 Å². The maximum atomic E-state index is 11.7. The third kappa shape index (κ3) is 10.5. The highest BCUT2D eigenvalue weighted by molar-refractivity contribution is 7.39. The highest BCUT2D eigenvalue weighted by atomic mass is 31.1. The minimum atomic E-state index is -1.53. The second-order valence-corrected chi connectivity index (χ2v) is 7.57. The predicted molar refractivity (Wildman–Crippen MR) is 92.0 cm³/mol. The van der Waals surface area contributed by atoms with Crippen LogP contribution in [0.3, 0.4) is 0 Å². The molecule has 0 N–H and O–H groups in total. The van der Waals surface area contributed by atoms with E-state index < -0.39 is 8.03 Å². The number of benzene rings is 1. The van der Waals surface area contributed by atoms with Crippen molar-refractivity contribution in [3.8, 4) is 0 Å². The zero-order valence-corrected chi connectivity index (χ0v) is 14.8. The maximum Gasteiger partial charge on any atom is 0.508 e. The Bertz CT molecular complexity index is 455. The first-order valence-corrected chi connectivity index (χ1v) is 9.05. The molecule has 1 atom stereocenters. The van der Waals surface area contributed by atoms with Gasteiger partial charge in [-0.05, 0) is 29.0 Å². The number of nitrogens with zero attached hydrogens (tertiary/aromatic N) is 1. The van der Waals surface area contributed by atoms with Crippen molar-refractivity contribution in [3.63, 3.8) is 0 Å². The highest BCUT2D eigenvalue weighted by Gasteiger charge is 2.18. The lowest BCUT2D eigenvalue weighted by Crippen LogP contribution is -2.37. The molecule has 0 heterocycles. The average Bonchev–Trinajstić information content (AvgIpc) is 2.46. The summed E-state index contributed by atoms with van der Waals surface area (Å²) in [7, 11) is 4.75. The molecule has 0 aliphatic carbocycles. The van der Waals surface area contributed by atoms with Crippen LogP contribution in [0.2, 0.25) is 0 Å². The van der Waals surface area contributed by atoms with Gasteiger partial charge in [0, 0.05) is 0 Å². The normalized spacial score (nSPS) is 12.6. The van der Waals surface area contributed by atoms with Gasteiger partial charge in [0.2, 0.25) is 0 Å². The number of hydrogen-bond donors (Lipinski definition) is 0. The molecular weight excluding hydrogens is 297 g/mol. The molecule has 0 fully saturated rings. The van der Waals surface area contributed by atoms with Crippen LogP contribution in [0.5, 0.6) is 0 Å². The standard InChI is InChI=1S/C17H28NO3P/c1-18(2,3)12-15-21-22(19)16-8-7-13-20-14-11-17-9-5-4-6-10-17/h4-6,9-11,14H,7-8,12-13,15-16H2,1-3H3/q+2. The number of rotatable bonds is 11. The minimum absolute atomic E-state index is 0.551. The number of quaternary nitrogens is 1. The molecule has 1 unspecified atom stereocenters. The highest BCUT2D eigenvalue weighted by Crippen LogP contribution is 2.23. The smallest absolute Gasteiger partial charge is 0.501 e. The van der Waals surface area contributed by atoms with Gasteiger partial charge in [-0.25, -0.2) is 0 Å². The molecule has 22 heavy (non-hydrogen) atoms. The molecule has 0 radical (unpaired) electrons. The van der Waals surface area contributed by atoms with Gasteiger partial charge >= 0.3 is 8.03 Å². The van der Waals surface area contributed by atoms with E-state index in [1.807, 2.05) is 36.4 Å². The van der Waals surface area contributed by atoms with Crippen LogP contribution in [-0.2, 0) is 13.8 Å². The average molecular weight is 325 g/mol. The van der Waals surface area contributed by atoms with Crippen molar-refractivity contribution >= 4 is 14.1 Å². The summed E-state index contributed by atoms with van der Waals surface area (Å²) < 4.78 is 23.3. The lowest BCUT2D eigenvalue weighted by Gasteiger charge is -2.21. The van der Waals surface area contributed by atoms with Gasteiger partial charge in [0.05, 0.1) is 34.0 Å². The van der Waals surface area contributed by atoms with Crippen LogP contribution in [0.25, 0.3) is 6.08 Å². The fourth-order valence-electron chi connectivity index (χ4n) is 1.67. The molecular formula is C17H28NO3P+2. The molecule has 4 nitrogen and oxygen atoms in total. The van der Waals surface area contributed by atoms with Crippen molar-refractivity contribution in [2.75, 3.05) is 47.1 Å². The topological polar surface area (TPSA) is 35.5 Å². The number of ether oxygens (including phenoxy) is 1. The molecule has 1 aromatic rings. The summed E-state index contributed by atoms with van der Waals surface area (Å²) in [6.07, 6.45) is 6.01. The predicted octanol–water partition coefficient (Wildman–Crippen LogP) is 3.92. The molecule has 0 bridgehead atoms. The summed E-state index contributed by atoms with van der Waals surface area (Å²) in [5, 5.41) is 0. The summed E-state index contributed by atoms with van der Waals surface area (Å²) in [5.41, 5.74) is 1.12. The molecule has 0 spiro atoms. The monoisotopic (exact) mass is 325 g/mol. The third-order valence-corrected chi connectivity index (χ3v) is 4.16. The first kappa shape index (κ1) is 18.8. The summed E-state index contributed by atoms with van der Waals surface area (Å²) >= 11 is 0. The van der Waals surface area contributed by atoms with Gasteiger partial charge in [0.15, 0.2) is 12.8 Å². The van der Waals surface area contributed by atoms with Crippen LogP contribution in [-0.4, -0.2) is 51.5 Å². The van der Waals surface area contributed by atoms with Crippen molar-refractivity contribution in [1.82, 2.24) is 0 Å². The molecule has 0 saturated carbocycles. The lowest BCUT2D eigenvalue weighted by atomic mass is 10.2. The lowest BCUT2D eigenvalue weighted by molar-refractivity contribution is -0.870. The first-order chi connectivity index (χ1) is 10.5. The summed E-state index contributed by atoms with van der Waals surface area (Å²) in [5.74, 6) is 0.